The molecule has 1 saturated heterocycles. The molecule has 0 spiro atoms. The highest BCUT2D eigenvalue weighted by Crippen LogP contribution is 2.40. The summed E-state index contributed by atoms with van der Waals surface area (Å²) in [6.45, 7) is 0.932. The first-order chi connectivity index (χ1) is 14.6. The summed E-state index contributed by atoms with van der Waals surface area (Å²) in [6.07, 6.45) is 1.97. The first-order valence-corrected chi connectivity index (χ1v) is 10.1. The van der Waals surface area contributed by atoms with Gasteiger partial charge in [-0.3, -0.25) is 9.59 Å². The fourth-order valence-electron chi connectivity index (χ4n) is 4.33. The zero-order chi connectivity index (χ0) is 21.3. The van der Waals surface area contributed by atoms with E-state index in [2.05, 4.69) is 0 Å². The number of carbonyl (C=O) groups is 2. The Morgan fingerprint density at radius 2 is 1.83 bits per heavy atom. The summed E-state index contributed by atoms with van der Waals surface area (Å²) in [7, 11) is 4.75. The van der Waals surface area contributed by atoms with Crippen LogP contribution in [-0.2, 0) is 16.0 Å². The number of amides is 2. The fraction of sp³-hybridized carbons (Fsp3) is 0.391. The highest BCUT2D eigenvalue weighted by atomic mass is 16.5. The lowest BCUT2D eigenvalue weighted by atomic mass is 9.98. The van der Waals surface area contributed by atoms with E-state index in [4.69, 9.17) is 14.2 Å². The molecule has 0 aliphatic carbocycles. The average Bonchev–Trinajstić information content (AvgIpc) is 3.18. The van der Waals surface area contributed by atoms with Crippen LogP contribution in [0.5, 0.6) is 17.2 Å². The van der Waals surface area contributed by atoms with Crippen molar-refractivity contribution >= 4 is 23.2 Å². The second-order valence-electron chi connectivity index (χ2n) is 7.50. The van der Waals surface area contributed by atoms with E-state index in [0.717, 1.165) is 24.1 Å². The van der Waals surface area contributed by atoms with Crippen LogP contribution in [0.3, 0.4) is 0 Å². The Kier molecular flexibility index (Phi) is 5.53. The summed E-state index contributed by atoms with van der Waals surface area (Å²) in [6, 6.07) is 11.2. The second-order valence-corrected chi connectivity index (χ2v) is 7.50. The van der Waals surface area contributed by atoms with Gasteiger partial charge in [-0.25, -0.2) is 0 Å². The van der Waals surface area contributed by atoms with Crippen molar-refractivity contribution in [2.75, 3.05) is 44.2 Å². The average molecular weight is 410 g/mol. The fourth-order valence-corrected chi connectivity index (χ4v) is 4.33. The van der Waals surface area contributed by atoms with E-state index in [0.29, 0.717) is 36.0 Å². The van der Waals surface area contributed by atoms with E-state index in [1.807, 2.05) is 18.2 Å². The van der Waals surface area contributed by atoms with Gasteiger partial charge < -0.3 is 24.0 Å². The number of benzene rings is 2. The van der Waals surface area contributed by atoms with Gasteiger partial charge in [-0.05, 0) is 36.6 Å². The molecule has 2 aliphatic heterocycles. The van der Waals surface area contributed by atoms with Crippen molar-refractivity contribution in [2.24, 2.45) is 5.92 Å². The minimum atomic E-state index is -0.427. The molecule has 2 heterocycles. The molecule has 7 nitrogen and oxygen atoms in total. The Morgan fingerprint density at radius 1 is 1.03 bits per heavy atom. The van der Waals surface area contributed by atoms with Crippen LogP contribution in [0.25, 0.3) is 0 Å². The van der Waals surface area contributed by atoms with Gasteiger partial charge in [-0.2, -0.15) is 0 Å². The zero-order valence-corrected chi connectivity index (χ0v) is 17.5. The van der Waals surface area contributed by atoms with Crippen molar-refractivity contribution in [3.63, 3.8) is 0 Å². The lowest BCUT2D eigenvalue weighted by molar-refractivity contribution is -0.124. The van der Waals surface area contributed by atoms with E-state index < -0.39 is 5.92 Å². The molecule has 2 aromatic rings. The number of anilines is 2. The SMILES string of the molecule is COc1ccc(OC)c(N2CC(C(=O)N3CCCc4cccc(OC)c43)CC2=O)c1. The Bertz CT molecular complexity index is 960. The molecular formula is C23H26N2O5. The van der Waals surface area contributed by atoms with Crippen LogP contribution in [0.15, 0.2) is 36.4 Å². The number of hydrogen-bond donors (Lipinski definition) is 0. The molecule has 1 atom stereocenters. The Morgan fingerprint density at radius 3 is 2.57 bits per heavy atom. The van der Waals surface area contributed by atoms with Crippen molar-refractivity contribution in [1.29, 1.82) is 0 Å². The molecule has 30 heavy (non-hydrogen) atoms. The van der Waals surface area contributed by atoms with Crippen LogP contribution in [0.4, 0.5) is 11.4 Å². The van der Waals surface area contributed by atoms with Crippen LogP contribution in [0.2, 0.25) is 0 Å². The highest BCUT2D eigenvalue weighted by Gasteiger charge is 2.40. The van der Waals surface area contributed by atoms with E-state index in [1.165, 1.54) is 0 Å². The zero-order valence-electron chi connectivity index (χ0n) is 17.5. The van der Waals surface area contributed by atoms with Gasteiger partial charge in [-0.15, -0.1) is 0 Å². The number of rotatable bonds is 5. The summed E-state index contributed by atoms with van der Waals surface area (Å²) in [5.74, 6) is 1.32. The quantitative estimate of drug-likeness (QED) is 0.758. The summed E-state index contributed by atoms with van der Waals surface area (Å²) < 4.78 is 16.3. The number of hydrogen-bond acceptors (Lipinski definition) is 5. The first kappa shape index (κ1) is 20.1. The molecule has 2 aromatic carbocycles. The summed E-state index contributed by atoms with van der Waals surface area (Å²) >= 11 is 0. The van der Waals surface area contributed by atoms with Crippen molar-refractivity contribution in [2.45, 2.75) is 19.3 Å². The first-order valence-electron chi connectivity index (χ1n) is 10.1. The maximum Gasteiger partial charge on any atom is 0.232 e. The summed E-state index contributed by atoms with van der Waals surface area (Å²) in [5, 5.41) is 0. The van der Waals surface area contributed by atoms with E-state index in [-0.39, 0.29) is 18.2 Å². The monoisotopic (exact) mass is 410 g/mol. The third-order valence-corrected chi connectivity index (χ3v) is 5.82. The van der Waals surface area contributed by atoms with Crippen LogP contribution in [0.1, 0.15) is 18.4 Å². The van der Waals surface area contributed by atoms with Crippen molar-refractivity contribution in [3.8, 4) is 17.2 Å². The third kappa shape index (κ3) is 3.44. The minimum Gasteiger partial charge on any atom is -0.497 e. The predicted molar refractivity (Wildman–Crippen MR) is 114 cm³/mol. The molecule has 2 amide bonds. The standard InChI is InChI=1S/C23H26N2O5/c1-28-17-9-10-19(29-2)18(13-17)25-14-16(12-21(25)26)23(27)24-11-5-7-15-6-4-8-20(30-3)22(15)24/h4,6,8-10,13,16H,5,7,11-12,14H2,1-3H3. The van der Waals surface area contributed by atoms with Gasteiger partial charge in [0.1, 0.15) is 17.2 Å². The number of nitrogens with zero attached hydrogens (tertiary/aromatic N) is 2. The second kappa shape index (κ2) is 8.26. The van der Waals surface area contributed by atoms with Gasteiger partial charge in [0.25, 0.3) is 0 Å². The van der Waals surface area contributed by atoms with E-state index >= 15 is 0 Å². The molecule has 2 aliphatic rings. The molecule has 158 valence electrons. The number of methoxy groups -OCH3 is 3. The van der Waals surface area contributed by atoms with Crippen molar-refractivity contribution in [1.82, 2.24) is 0 Å². The number of fused-ring (bicyclic) bond motifs is 1. The van der Waals surface area contributed by atoms with E-state index in [9.17, 15) is 9.59 Å². The molecule has 7 heteroatoms. The van der Waals surface area contributed by atoms with Gasteiger partial charge in [0.05, 0.1) is 38.6 Å². The van der Waals surface area contributed by atoms with Crippen molar-refractivity contribution < 1.29 is 23.8 Å². The maximum absolute atomic E-state index is 13.5. The van der Waals surface area contributed by atoms with Crippen LogP contribution >= 0.6 is 0 Å². The van der Waals surface area contributed by atoms with Gasteiger partial charge >= 0.3 is 0 Å². The van der Waals surface area contributed by atoms with Gasteiger partial charge in [0.15, 0.2) is 0 Å². The smallest absolute Gasteiger partial charge is 0.232 e. The van der Waals surface area contributed by atoms with Gasteiger partial charge in [0, 0.05) is 25.6 Å². The third-order valence-electron chi connectivity index (χ3n) is 5.82. The summed E-state index contributed by atoms with van der Waals surface area (Å²) in [4.78, 5) is 29.7. The topological polar surface area (TPSA) is 68.3 Å². The largest absolute Gasteiger partial charge is 0.497 e. The van der Waals surface area contributed by atoms with Crippen LogP contribution in [-0.4, -0.2) is 46.2 Å². The molecular weight excluding hydrogens is 384 g/mol. The molecule has 1 unspecified atom stereocenters. The number of aryl methyl sites for hydroxylation is 1. The van der Waals surface area contributed by atoms with Crippen molar-refractivity contribution in [3.05, 3.63) is 42.0 Å². The molecule has 0 N–H and O–H groups in total. The Hall–Kier alpha value is -3.22. The van der Waals surface area contributed by atoms with Gasteiger partial charge in [-0.1, -0.05) is 12.1 Å². The normalized spacial score (nSPS) is 18.2. The minimum absolute atomic E-state index is 0.0434. The summed E-state index contributed by atoms with van der Waals surface area (Å²) in [5.41, 5.74) is 2.56. The van der Waals surface area contributed by atoms with Crippen LogP contribution < -0.4 is 24.0 Å². The molecule has 0 radical (unpaired) electrons. The molecule has 1 fully saturated rings. The maximum atomic E-state index is 13.5. The van der Waals surface area contributed by atoms with E-state index in [1.54, 1.807) is 49.3 Å². The predicted octanol–water partition coefficient (Wildman–Crippen LogP) is 3.04. The molecule has 0 saturated carbocycles. The highest BCUT2D eigenvalue weighted by molar-refractivity contribution is 6.06. The number of ether oxygens (including phenoxy) is 3. The Labute approximate surface area is 176 Å². The lowest BCUT2D eigenvalue weighted by Gasteiger charge is -2.32. The number of carbonyl (C=O) groups excluding carboxylic acids is 2. The van der Waals surface area contributed by atoms with Gasteiger partial charge in [0.2, 0.25) is 11.8 Å². The lowest BCUT2D eigenvalue weighted by Crippen LogP contribution is -2.40. The molecule has 4 rings (SSSR count). The molecule has 0 bridgehead atoms. The number of para-hydroxylation sites is 1. The van der Waals surface area contributed by atoms with Crippen LogP contribution in [0, 0.1) is 5.92 Å². The molecule has 0 aromatic heterocycles. The Balaban J connectivity index is 1.61.